The van der Waals surface area contributed by atoms with Gasteiger partial charge in [0.05, 0.1) is 24.0 Å². The molecule has 1 spiro atoms. The van der Waals surface area contributed by atoms with Gasteiger partial charge in [-0.15, -0.1) is 13.2 Å². The Balaban J connectivity index is 1.60. The second-order valence-electron chi connectivity index (χ2n) is 12.6. The zero-order valence-electron chi connectivity index (χ0n) is 27.2. The van der Waals surface area contributed by atoms with E-state index in [0.29, 0.717) is 58.2 Å². The van der Waals surface area contributed by atoms with Gasteiger partial charge in [-0.1, -0.05) is 62.2 Å². The minimum absolute atomic E-state index is 0.0555. The van der Waals surface area contributed by atoms with Crippen LogP contribution in [0.15, 0.2) is 55.6 Å². The van der Waals surface area contributed by atoms with E-state index >= 15 is 0 Å². The fourth-order valence-corrected chi connectivity index (χ4v) is 7.36. The van der Waals surface area contributed by atoms with Gasteiger partial charge in [-0.05, 0) is 50.5 Å². The van der Waals surface area contributed by atoms with Crippen molar-refractivity contribution in [3.63, 3.8) is 0 Å². The molecule has 3 fully saturated rings. The fraction of sp³-hybridized carbons (Fsp3) is 0.611. The van der Waals surface area contributed by atoms with Crippen LogP contribution >= 0.6 is 0 Å². The minimum Gasteiger partial charge on any atom is -0.463 e. The van der Waals surface area contributed by atoms with E-state index < -0.39 is 35.6 Å². The summed E-state index contributed by atoms with van der Waals surface area (Å²) in [4.78, 5) is 58.6. The average molecular weight is 638 g/mol. The third kappa shape index (κ3) is 7.72. The highest BCUT2D eigenvalue weighted by atomic mass is 16.5. The van der Waals surface area contributed by atoms with Crippen molar-refractivity contribution in [1.82, 2.24) is 15.1 Å². The number of likely N-dealkylation sites (tertiary alicyclic amines) is 1. The molecule has 0 unspecified atom stereocenters. The quantitative estimate of drug-likeness (QED) is 0.125. The number of nitrogens with zero attached hydrogens (tertiary/aromatic N) is 2. The first-order valence-corrected chi connectivity index (χ1v) is 16.9. The molecular formula is C36H51N3O7. The molecule has 0 aromatic heterocycles. The second kappa shape index (κ2) is 16.9. The number of benzene rings is 1. The van der Waals surface area contributed by atoms with Crippen LogP contribution in [0, 0.1) is 11.8 Å². The van der Waals surface area contributed by atoms with E-state index in [4.69, 9.17) is 9.47 Å². The van der Waals surface area contributed by atoms with Gasteiger partial charge in [0.1, 0.15) is 18.2 Å². The first kappa shape index (κ1) is 35.4. The number of unbranched alkanes of at least 4 members (excludes halogenated alkanes) is 4. The lowest BCUT2D eigenvalue weighted by atomic mass is 9.70. The van der Waals surface area contributed by atoms with E-state index in [9.17, 15) is 24.3 Å². The van der Waals surface area contributed by atoms with Crippen LogP contribution in [-0.2, 0) is 28.7 Å². The van der Waals surface area contributed by atoms with Crippen molar-refractivity contribution in [1.29, 1.82) is 0 Å². The fourth-order valence-electron chi connectivity index (χ4n) is 7.36. The van der Waals surface area contributed by atoms with Gasteiger partial charge in [0, 0.05) is 32.7 Å². The number of rotatable bonds is 20. The van der Waals surface area contributed by atoms with Crippen molar-refractivity contribution in [2.75, 3.05) is 32.8 Å². The maximum Gasteiger partial charge on any atom is 0.306 e. The molecule has 0 saturated carbocycles. The van der Waals surface area contributed by atoms with Crippen LogP contribution in [0.4, 0.5) is 0 Å². The molecule has 3 saturated heterocycles. The van der Waals surface area contributed by atoms with Crippen molar-refractivity contribution >= 4 is 23.7 Å². The lowest BCUT2D eigenvalue weighted by Gasteiger charge is -2.37. The largest absolute Gasteiger partial charge is 0.463 e. The van der Waals surface area contributed by atoms with Crippen LogP contribution in [0.25, 0.3) is 0 Å². The molecule has 10 heteroatoms. The first-order chi connectivity index (χ1) is 22.3. The van der Waals surface area contributed by atoms with Crippen LogP contribution < -0.4 is 5.32 Å². The van der Waals surface area contributed by atoms with E-state index in [1.165, 1.54) is 0 Å². The lowest BCUT2D eigenvalue weighted by Crippen LogP contribution is -2.56. The monoisotopic (exact) mass is 637 g/mol. The molecule has 3 aliphatic heterocycles. The Hall–Kier alpha value is -3.50. The number of carbonyl (C=O) groups is 4. The lowest BCUT2D eigenvalue weighted by molar-refractivity contribution is -0.148. The van der Waals surface area contributed by atoms with Gasteiger partial charge in [0.15, 0.2) is 0 Å². The molecule has 10 nitrogen and oxygen atoms in total. The van der Waals surface area contributed by atoms with Crippen molar-refractivity contribution in [2.45, 2.75) is 94.9 Å². The third-order valence-electron chi connectivity index (χ3n) is 9.57. The Labute approximate surface area is 273 Å². The van der Waals surface area contributed by atoms with Crippen LogP contribution in [0.2, 0.25) is 0 Å². The summed E-state index contributed by atoms with van der Waals surface area (Å²) in [5, 5.41) is 12.4. The molecule has 0 aliphatic carbocycles. The van der Waals surface area contributed by atoms with Gasteiger partial charge >= 0.3 is 5.97 Å². The van der Waals surface area contributed by atoms with Gasteiger partial charge in [0.25, 0.3) is 0 Å². The Morgan fingerprint density at radius 3 is 2.63 bits per heavy atom. The minimum atomic E-state index is -1.10. The zero-order valence-corrected chi connectivity index (χ0v) is 27.2. The normalized spacial score (nSPS) is 25.2. The predicted octanol–water partition coefficient (Wildman–Crippen LogP) is 4.10. The standard InChI is InChI=1S/C36H51N3O7/c1-4-7-13-22-38(21-6-3)35(44)32-36-20-19-28(46-36)30(31(36)34(43)39(32)23-14-10-15-24-40)33(42)37-27(26-16-11-9-12-17-26)25-45-29(41)18-8-5-2/h5-6,9,11-12,16-17,27-28,30-32,40H,2-4,7-8,10,13-15,18-25H2,1H3,(H,37,42)/t27-,28+,30-,31-,32+,36-/m1/s1. The maximum atomic E-state index is 14.4. The van der Waals surface area contributed by atoms with Crippen LogP contribution in [-0.4, -0.2) is 89.2 Å². The Morgan fingerprint density at radius 1 is 1.15 bits per heavy atom. The average Bonchev–Trinajstić information content (AvgIpc) is 3.71. The molecule has 2 N–H and O–H groups in total. The smallest absolute Gasteiger partial charge is 0.306 e. The summed E-state index contributed by atoms with van der Waals surface area (Å²) in [6, 6.07) is 7.83. The van der Waals surface area contributed by atoms with Crippen LogP contribution in [0.5, 0.6) is 0 Å². The number of esters is 1. The molecule has 2 bridgehead atoms. The number of aliphatic hydroxyl groups is 1. The Morgan fingerprint density at radius 2 is 1.93 bits per heavy atom. The summed E-state index contributed by atoms with van der Waals surface area (Å²) < 4.78 is 12.2. The Bertz CT molecular complexity index is 1220. The van der Waals surface area contributed by atoms with Gasteiger partial charge in [-0.25, -0.2) is 0 Å². The second-order valence-corrected chi connectivity index (χ2v) is 12.6. The van der Waals surface area contributed by atoms with Gasteiger partial charge in [-0.3, -0.25) is 19.2 Å². The van der Waals surface area contributed by atoms with Crippen LogP contribution in [0.3, 0.4) is 0 Å². The molecule has 1 aromatic carbocycles. The highest BCUT2D eigenvalue weighted by Crippen LogP contribution is 2.58. The number of ether oxygens (including phenoxy) is 2. The third-order valence-corrected chi connectivity index (χ3v) is 9.57. The van der Waals surface area contributed by atoms with Crippen molar-refractivity contribution in [3.05, 3.63) is 61.2 Å². The number of fused-ring (bicyclic) bond motifs is 1. The van der Waals surface area contributed by atoms with E-state index in [2.05, 4.69) is 25.4 Å². The summed E-state index contributed by atoms with van der Waals surface area (Å²) in [7, 11) is 0. The van der Waals surface area contributed by atoms with E-state index in [0.717, 1.165) is 24.8 Å². The topological polar surface area (TPSA) is 125 Å². The highest BCUT2D eigenvalue weighted by Gasteiger charge is 2.74. The molecule has 3 amide bonds. The summed E-state index contributed by atoms with van der Waals surface area (Å²) in [6.07, 6.45) is 9.42. The van der Waals surface area contributed by atoms with Crippen molar-refractivity contribution in [2.24, 2.45) is 11.8 Å². The molecule has 4 rings (SSSR count). The SMILES string of the molecule is C=CCCC(=O)OC[C@@H](NC(=O)[C@@H]1[C@@H]2CC[C@]3(O2)[C@H](C(=O)N(CC=C)CCCCC)N(CCCCCO)C(=O)[C@@H]13)c1ccccc1. The molecule has 6 atom stereocenters. The molecule has 1 aromatic rings. The molecule has 0 radical (unpaired) electrons. The number of nitrogens with one attached hydrogen (secondary N) is 1. The number of allylic oxidation sites excluding steroid dienone is 1. The number of hydrogen-bond donors (Lipinski definition) is 2. The van der Waals surface area contributed by atoms with Crippen LogP contribution in [0.1, 0.15) is 82.7 Å². The predicted molar refractivity (Wildman–Crippen MR) is 174 cm³/mol. The summed E-state index contributed by atoms with van der Waals surface area (Å²) in [6.45, 7) is 10.9. The van der Waals surface area contributed by atoms with Gasteiger partial charge in [-0.2, -0.15) is 0 Å². The number of aliphatic hydroxyl groups excluding tert-OH is 1. The molecule has 3 aliphatic rings. The van der Waals surface area contributed by atoms with Gasteiger partial charge < -0.3 is 29.7 Å². The molecular weight excluding hydrogens is 586 g/mol. The first-order valence-electron chi connectivity index (χ1n) is 16.9. The van der Waals surface area contributed by atoms with E-state index in [-0.39, 0.29) is 43.3 Å². The highest BCUT2D eigenvalue weighted by molar-refractivity contribution is 5.99. The zero-order chi connectivity index (χ0) is 33.1. The number of hydrogen-bond acceptors (Lipinski definition) is 7. The molecule has 3 heterocycles. The van der Waals surface area contributed by atoms with Crippen molar-refractivity contribution < 1.29 is 33.8 Å². The number of carbonyl (C=O) groups excluding carboxylic acids is 4. The summed E-state index contributed by atoms with van der Waals surface area (Å²) in [5.41, 5.74) is -0.323. The molecule has 252 valence electrons. The maximum absolute atomic E-state index is 14.4. The van der Waals surface area contributed by atoms with Crippen molar-refractivity contribution in [3.8, 4) is 0 Å². The van der Waals surface area contributed by atoms with E-state index in [1.807, 2.05) is 30.3 Å². The van der Waals surface area contributed by atoms with Gasteiger partial charge in [0.2, 0.25) is 17.7 Å². The number of amides is 3. The summed E-state index contributed by atoms with van der Waals surface area (Å²) >= 11 is 0. The Kier molecular flexibility index (Phi) is 13.0. The van der Waals surface area contributed by atoms with E-state index in [1.54, 1.807) is 22.0 Å². The summed E-state index contributed by atoms with van der Waals surface area (Å²) in [5.74, 6) is -2.71. The molecule has 46 heavy (non-hydrogen) atoms.